The van der Waals surface area contributed by atoms with Crippen molar-refractivity contribution in [3.05, 3.63) is 0 Å². The average molecular weight is 216 g/mol. The molecule has 1 aliphatic heterocycles. The fourth-order valence-corrected chi connectivity index (χ4v) is 3.58. The molecule has 1 rings (SSSR count). The topological polar surface area (TPSA) is 51.2 Å². The van der Waals surface area contributed by atoms with Crippen molar-refractivity contribution in [3.8, 4) is 0 Å². The summed E-state index contributed by atoms with van der Waals surface area (Å²) < 4.78 is 11.6. The summed E-state index contributed by atoms with van der Waals surface area (Å²) in [5.74, 6) is -0.177. The van der Waals surface area contributed by atoms with Gasteiger partial charge in [0.2, 0.25) is 11.6 Å². The maximum atomic E-state index is 11.7. The zero-order chi connectivity index (χ0) is 11.1. The molecule has 1 fully saturated rings. The van der Waals surface area contributed by atoms with Crippen LogP contribution in [0.3, 0.4) is 0 Å². The van der Waals surface area contributed by atoms with Crippen LogP contribution in [0.2, 0.25) is 0 Å². The highest BCUT2D eigenvalue weighted by atomic mass is 32.2. The van der Waals surface area contributed by atoms with Crippen LogP contribution in [0.1, 0.15) is 27.7 Å². The number of rotatable bonds is 0. The van der Waals surface area contributed by atoms with Crippen molar-refractivity contribution in [1.82, 2.24) is 0 Å². The maximum absolute atomic E-state index is 11.7. The van der Waals surface area contributed by atoms with E-state index in [2.05, 4.69) is 0 Å². The Morgan fingerprint density at radius 1 is 0.929 bits per heavy atom. The van der Waals surface area contributed by atoms with E-state index < -0.39 is 21.6 Å². The summed E-state index contributed by atoms with van der Waals surface area (Å²) in [5, 5.41) is 0. The number of carbonyl (C=O) groups excluding carboxylic acids is 2. The van der Waals surface area contributed by atoms with Crippen LogP contribution in [0.4, 0.5) is 0 Å². The predicted molar refractivity (Wildman–Crippen MR) is 55.5 cm³/mol. The highest BCUT2D eigenvalue weighted by Crippen LogP contribution is 2.31. The number of hydrogen-bond donors (Lipinski definition) is 0. The van der Waals surface area contributed by atoms with Gasteiger partial charge in [-0.15, -0.1) is 0 Å². The molecule has 1 aliphatic rings. The Hall–Kier alpha value is -0.510. The first kappa shape index (κ1) is 11.6. The van der Waals surface area contributed by atoms with Crippen LogP contribution < -0.4 is 0 Å². The summed E-state index contributed by atoms with van der Waals surface area (Å²) in [4.78, 5) is 23.5. The SMILES string of the molecule is CC1(C)CS(=O)CC(C)(C)C(=O)C1=O. The average Bonchev–Trinajstić information content (AvgIpc) is 2.01. The molecular formula is C10H16O3S. The lowest BCUT2D eigenvalue weighted by Gasteiger charge is -2.20. The molecule has 0 aliphatic carbocycles. The van der Waals surface area contributed by atoms with Crippen molar-refractivity contribution in [1.29, 1.82) is 0 Å². The van der Waals surface area contributed by atoms with Crippen LogP contribution in [-0.2, 0) is 20.4 Å². The molecule has 0 aromatic heterocycles. The Bertz CT molecular complexity index is 285. The van der Waals surface area contributed by atoms with Gasteiger partial charge in [0, 0.05) is 33.1 Å². The summed E-state index contributed by atoms with van der Waals surface area (Å²) in [6.45, 7) is 6.75. The van der Waals surface area contributed by atoms with Gasteiger partial charge >= 0.3 is 0 Å². The summed E-state index contributed by atoms with van der Waals surface area (Å²) in [6, 6.07) is 0. The molecule has 0 aromatic carbocycles. The molecule has 1 heterocycles. The van der Waals surface area contributed by atoms with Gasteiger partial charge in [0.15, 0.2) is 0 Å². The Morgan fingerprint density at radius 2 is 1.21 bits per heavy atom. The van der Waals surface area contributed by atoms with E-state index in [1.54, 1.807) is 27.7 Å². The molecule has 1 saturated heterocycles. The van der Waals surface area contributed by atoms with Crippen molar-refractivity contribution in [2.45, 2.75) is 27.7 Å². The maximum Gasteiger partial charge on any atom is 0.205 e. The largest absolute Gasteiger partial charge is 0.290 e. The predicted octanol–water partition coefficient (Wildman–Crippen LogP) is 0.939. The molecule has 0 atom stereocenters. The molecule has 0 bridgehead atoms. The van der Waals surface area contributed by atoms with E-state index in [9.17, 15) is 13.8 Å². The molecule has 0 amide bonds. The lowest BCUT2D eigenvalue weighted by Crippen LogP contribution is -2.38. The highest BCUT2D eigenvalue weighted by molar-refractivity contribution is 7.85. The monoisotopic (exact) mass is 216 g/mol. The highest BCUT2D eigenvalue weighted by Gasteiger charge is 2.45. The van der Waals surface area contributed by atoms with E-state index in [4.69, 9.17) is 0 Å². The third-order valence-corrected chi connectivity index (χ3v) is 4.57. The number of ketones is 2. The van der Waals surface area contributed by atoms with Gasteiger partial charge in [-0.05, 0) is 0 Å². The van der Waals surface area contributed by atoms with Gasteiger partial charge in [-0.2, -0.15) is 0 Å². The molecular weight excluding hydrogens is 200 g/mol. The first-order chi connectivity index (χ1) is 6.17. The quantitative estimate of drug-likeness (QED) is 0.566. The van der Waals surface area contributed by atoms with Gasteiger partial charge in [-0.25, -0.2) is 0 Å². The Kier molecular flexibility index (Phi) is 2.69. The zero-order valence-corrected chi connectivity index (χ0v) is 9.86. The Balaban J connectivity index is 3.16. The number of carbonyl (C=O) groups is 2. The van der Waals surface area contributed by atoms with Gasteiger partial charge in [-0.1, -0.05) is 27.7 Å². The van der Waals surface area contributed by atoms with Crippen LogP contribution >= 0.6 is 0 Å². The third-order valence-electron chi connectivity index (χ3n) is 2.48. The zero-order valence-electron chi connectivity index (χ0n) is 9.05. The van der Waals surface area contributed by atoms with E-state index in [0.717, 1.165) is 0 Å². The molecule has 4 heteroatoms. The third kappa shape index (κ3) is 1.95. The minimum Gasteiger partial charge on any atom is -0.290 e. The van der Waals surface area contributed by atoms with Crippen LogP contribution in [0.15, 0.2) is 0 Å². The van der Waals surface area contributed by atoms with Crippen molar-refractivity contribution in [2.75, 3.05) is 11.5 Å². The molecule has 0 unspecified atom stereocenters. The standard InChI is InChI=1S/C10H16O3S/c1-9(2)5-14(13)6-10(3,4)8(12)7(9)11/h5-6H2,1-4H3. The summed E-state index contributed by atoms with van der Waals surface area (Å²) in [7, 11) is -1.08. The Labute approximate surface area is 86.7 Å². The van der Waals surface area contributed by atoms with Gasteiger partial charge in [0.1, 0.15) is 0 Å². The number of hydrogen-bond acceptors (Lipinski definition) is 3. The molecule has 80 valence electrons. The summed E-state index contributed by atoms with van der Waals surface area (Å²) in [6.07, 6.45) is 0. The molecule has 0 radical (unpaired) electrons. The second kappa shape index (κ2) is 3.26. The second-order valence-electron chi connectivity index (χ2n) is 5.15. The minimum absolute atomic E-state index is 0.293. The number of Topliss-reactive ketones (excluding diaryl/α,β-unsaturated/α-hetero) is 2. The van der Waals surface area contributed by atoms with Crippen molar-refractivity contribution < 1.29 is 13.8 Å². The first-order valence-corrected chi connectivity index (χ1v) is 6.10. The van der Waals surface area contributed by atoms with Crippen LogP contribution in [-0.4, -0.2) is 27.3 Å². The van der Waals surface area contributed by atoms with Gasteiger partial charge in [0.25, 0.3) is 0 Å². The molecule has 0 aromatic rings. The second-order valence-corrected chi connectivity index (χ2v) is 6.61. The normalized spacial score (nSPS) is 27.4. The molecule has 3 nitrogen and oxygen atoms in total. The van der Waals surface area contributed by atoms with Gasteiger partial charge in [0.05, 0.1) is 0 Å². The molecule has 0 spiro atoms. The first-order valence-electron chi connectivity index (χ1n) is 4.61. The van der Waals surface area contributed by atoms with E-state index in [1.807, 2.05) is 0 Å². The van der Waals surface area contributed by atoms with Crippen molar-refractivity contribution in [2.24, 2.45) is 10.8 Å². The van der Waals surface area contributed by atoms with E-state index >= 15 is 0 Å². The molecule has 0 saturated carbocycles. The molecule has 14 heavy (non-hydrogen) atoms. The Morgan fingerprint density at radius 3 is 1.50 bits per heavy atom. The lowest BCUT2D eigenvalue weighted by atomic mass is 9.79. The minimum atomic E-state index is -1.08. The van der Waals surface area contributed by atoms with Crippen LogP contribution in [0.5, 0.6) is 0 Å². The van der Waals surface area contributed by atoms with Gasteiger partial charge < -0.3 is 0 Å². The van der Waals surface area contributed by atoms with Crippen molar-refractivity contribution >= 4 is 22.4 Å². The lowest BCUT2D eigenvalue weighted by molar-refractivity contribution is -0.144. The van der Waals surface area contributed by atoms with E-state index in [0.29, 0.717) is 11.5 Å². The molecule has 0 N–H and O–H groups in total. The van der Waals surface area contributed by atoms with Crippen LogP contribution in [0, 0.1) is 10.8 Å². The van der Waals surface area contributed by atoms with Crippen molar-refractivity contribution in [3.63, 3.8) is 0 Å². The van der Waals surface area contributed by atoms with E-state index in [1.165, 1.54) is 0 Å². The fraction of sp³-hybridized carbons (Fsp3) is 0.800. The van der Waals surface area contributed by atoms with E-state index in [-0.39, 0.29) is 11.6 Å². The van der Waals surface area contributed by atoms with Gasteiger partial charge in [-0.3, -0.25) is 13.8 Å². The van der Waals surface area contributed by atoms with Crippen LogP contribution in [0.25, 0.3) is 0 Å². The summed E-state index contributed by atoms with van der Waals surface area (Å²) in [5.41, 5.74) is -1.54. The summed E-state index contributed by atoms with van der Waals surface area (Å²) >= 11 is 0. The smallest absolute Gasteiger partial charge is 0.205 e. The fourth-order valence-electron chi connectivity index (χ4n) is 1.60.